The molecular weight excluding hydrogens is 354 g/mol. The summed E-state index contributed by atoms with van der Waals surface area (Å²) in [6.07, 6.45) is 22.4. The van der Waals surface area contributed by atoms with E-state index < -0.39 is 6.04 Å². The van der Waals surface area contributed by atoms with Crippen LogP contribution in [0.4, 0.5) is 0 Å². The van der Waals surface area contributed by atoms with E-state index in [4.69, 9.17) is 10.5 Å². The summed E-state index contributed by atoms with van der Waals surface area (Å²) < 4.78 is 4.91. The zero-order valence-corrected chi connectivity index (χ0v) is 19.1. The normalized spacial score (nSPS) is 12.3. The minimum Gasteiger partial charge on any atom is -0.465 e. The predicted molar refractivity (Wildman–Crippen MR) is 121 cm³/mol. The second-order valence-corrected chi connectivity index (χ2v) is 8.89. The topological polar surface area (TPSA) is 52.3 Å². The zero-order chi connectivity index (χ0) is 20.0. The van der Waals surface area contributed by atoms with E-state index in [1.807, 2.05) is 6.92 Å². The number of hydrogen-bond acceptors (Lipinski definition) is 4. The van der Waals surface area contributed by atoms with Crippen LogP contribution in [0.5, 0.6) is 0 Å². The fourth-order valence-corrected chi connectivity index (χ4v) is 4.24. The van der Waals surface area contributed by atoms with E-state index >= 15 is 0 Å². The first-order chi connectivity index (χ1) is 13.2. The summed E-state index contributed by atoms with van der Waals surface area (Å²) in [5, 5.41) is 0. The van der Waals surface area contributed by atoms with Crippen LogP contribution in [0, 0.1) is 0 Å². The number of rotatable bonds is 21. The van der Waals surface area contributed by atoms with Crippen LogP contribution in [0.15, 0.2) is 0 Å². The molecule has 0 aliphatic heterocycles. The number of nitrogens with two attached hydrogens (primary N) is 1. The molecule has 0 aromatic carbocycles. The third-order valence-electron chi connectivity index (χ3n) is 5.03. The van der Waals surface area contributed by atoms with Crippen LogP contribution in [0.1, 0.15) is 117 Å². The van der Waals surface area contributed by atoms with Gasteiger partial charge in [-0.15, -0.1) is 0 Å². The summed E-state index contributed by atoms with van der Waals surface area (Å²) in [5.74, 6) is 1.51. The van der Waals surface area contributed by atoms with E-state index in [0.29, 0.717) is 12.4 Å². The van der Waals surface area contributed by atoms with Crippen LogP contribution in [0.3, 0.4) is 0 Å². The summed E-state index contributed by atoms with van der Waals surface area (Å²) in [6.45, 7) is 4.51. The second-order valence-electron chi connectivity index (χ2n) is 7.74. The molecule has 1 atom stereocenters. The number of carbonyl (C=O) groups excluding carboxylic acids is 1. The van der Waals surface area contributed by atoms with Crippen molar-refractivity contribution in [3.8, 4) is 0 Å². The van der Waals surface area contributed by atoms with Gasteiger partial charge in [-0.3, -0.25) is 4.79 Å². The molecule has 0 spiro atoms. The largest absolute Gasteiger partial charge is 0.465 e. The Morgan fingerprint density at radius 2 is 1.15 bits per heavy atom. The Bertz CT molecular complexity index is 313. The number of carbonyl (C=O) groups is 1. The minimum atomic E-state index is -0.462. The maximum absolute atomic E-state index is 11.4. The average molecular weight is 402 g/mol. The van der Waals surface area contributed by atoms with Crippen molar-refractivity contribution in [1.29, 1.82) is 0 Å². The molecule has 0 aromatic heterocycles. The van der Waals surface area contributed by atoms with E-state index in [9.17, 15) is 4.79 Å². The van der Waals surface area contributed by atoms with Gasteiger partial charge in [-0.2, -0.15) is 11.8 Å². The van der Waals surface area contributed by atoms with Crippen LogP contribution in [0.25, 0.3) is 0 Å². The van der Waals surface area contributed by atoms with Gasteiger partial charge in [0.25, 0.3) is 0 Å². The molecule has 0 saturated heterocycles. The first kappa shape index (κ1) is 26.8. The van der Waals surface area contributed by atoms with Crippen LogP contribution in [-0.2, 0) is 9.53 Å². The highest BCUT2D eigenvalue weighted by molar-refractivity contribution is 7.99. The maximum Gasteiger partial charge on any atom is 0.323 e. The molecular formula is C23H47NO2S. The van der Waals surface area contributed by atoms with Crippen LogP contribution >= 0.6 is 11.8 Å². The van der Waals surface area contributed by atoms with Gasteiger partial charge in [-0.1, -0.05) is 103 Å². The van der Waals surface area contributed by atoms with Crippen LogP contribution < -0.4 is 5.73 Å². The van der Waals surface area contributed by atoms with Gasteiger partial charge in [0.2, 0.25) is 0 Å². The number of thioether (sulfide) groups is 1. The van der Waals surface area contributed by atoms with Crippen LogP contribution in [-0.4, -0.2) is 30.1 Å². The van der Waals surface area contributed by atoms with Gasteiger partial charge >= 0.3 is 5.97 Å². The lowest BCUT2D eigenvalue weighted by Gasteiger charge is -2.09. The van der Waals surface area contributed by atoms with E-state index in [1.165, 1.54) is 103 Å². The van der Waals surface area contributed by atoms with Crippen molar-refractivity contribution in [3.63, 3.8) is 0 Å². The molecule has 0 aromatic rings. The molecule has 0 unspecified atom stereocenters. The van der Waals surface area contributed by atoms with Crippen molar-refractivity contribution in [2.24, 2.45) is 5.73 Å². The van der Waals surface area contributed by atoms with Crippen molar-refractivity contribution < 1.29 is 9.53 Å². The van der Waals surface area contributed by atoms with E-state index in [2.05, 4.69) is 6.92 Å². The summed E-state index contributed by atoms with van der Waals surface area (Å²) >= 11 is 1.78. The quantitative estimate of drug-likeness (QED) is 0.168. The Morgan fingerprint density at radius 3 is 1.56 bits per heavy atom. The molecule has 0 bridgehead atoms. The Labute approximate surface area is 174 Å². The molecule has 0 fully saturated rings. The second kappa shape index (κ2) is 22.1. The van der Waals surface area contributed by atoms with Crippen molar-refractivity contribution in [2.75, 3.05) is 18.1 Å². The summed E-state index contributed by atoms with van der Waals surface area (Å²) in [7, 11) is 0. The van der Waals surface area contributed by atoms with E-state index in [1.54, 1.807) is 11.8 Å². The number of unbranched alkanes of at least 4 members (excludes halogenated alkanes) is 15. The number of esters is 1. The van der Waals surface area contributed by atoms with E-state index in [-0.39, 0.29) is 5.97 Å². The fourth-order valence-electron chi connectivity index (χ4n) is 3.28. The monoisotopic (exact) mass is 401 g/mol. The number of ether oxygens (including phenoxy) is 1. The minimum absolute atomic E-state index is 0.267. The Kier molecular flexibility index (Phi) is 21.9. The summed E-state index contributed by atoms with van der Waals surface area (Å²) in [4.78, 5) is 11.4. The lowest BCUT2D eigenvalue weighted by molar-refractivity contribution is -0.144. The molecule has 0 saturated carbocycles. The molecule has 0 heterocycles. The molecule has 0 amide bonds. The molecule has 2 N–H and O–H groups in total. The standard InChI is InChI=1S/C23H47NO2S/c1-3-5-6-7-8-9-10-11-12-13-14-15-16-17-18-19-20-27-21-22(24)23(25)26-4-2/h22H,3-21,24H2,1-2H3/t22-/m0/s1. The molecule has 4 heteroatoms. The number of hydrogen-bond donors (Lipinski definition) is 1. The SMILES string of the molecule is CCCCCCCCCCCCCCCCCCSC[C@H](N)C(=O)OCC. The van der Waals surface area contributed by atoms with Crippen molar-refractivity contribution in [3.05, 3.63) is 0 Å². The van der Waals surface area contributed by atoms with Gasteiger partial charge in [0.15, 0.2) is 0 Å². The molecule has 162 valence electrons. The Hall–Kier alpha value is -0.220. The van der Waals surface area contributed by atoms with Gasteiger partial charge in [0, 0.05) is 5.75 Å². The lowest BCUT2D eigenvalue weighted by atomic mass is 10.0. The molecule has 0 aliphatic carbocycles. The first-order valence-corrected chi connectivity index (χ1v) is 12.9. The molecule has 0 rings (SSSR count). The van der Waals surface area contributed by atoms with Crippen molar-refractivity contribution in [2.45, 2.75) is 123 Å². The van der Waals surface area contributed by atoms with Gasteiger partial charge in [-0.05, 0) is 19.1 Å². The molecule has 0 aliphatic rings. The van der Waals surface area contributed by atoms with Gasteiger partial charge in [-0.25, -0.2) is 0 Å². The highest BCUT2D eigenvalue weighted by atomic mass is 32.2. The lowest BCUT2D eigenvalue weighted by Crippen LogP contribution is -2.34. The van der Waals surface area contributed by atoms with Crippen LogP contribution in [0.2, 0.25) is 0 Å². The van der Waals surface area contributed by atoms with Crippen molar-refractivity contribution in [1.82, 2.24) is 0 Å². The first-order valence-electron chi connectivity index (χ1n) is 11.7. The van der Waals surface area contributed by atoms with E-state index in [0.717, 1.165) is 5.75 Å². The zero-order valence-electron chi connectivity index (χ0n) is 18.3. The fraction of sp³-hybridized carbons (Fsp3) is 0.957. The van der Waals surface area contributed by atoms with Gasteiger partial charge in [0.05, 0.1) is 6.61 Å². The molecule has 27 heavy (non-hydrogen) atoms. The predicted octanol–water partition coefficient (Wildman–Crippen LogP) is 6.87. The van der Waals surface area contributed by atoms with Gasteiger partial charge < -0.3 is 10.5 Å². The smallest absolute Gasteiger partial charge is 0.323 e. The maximum atomic E-state index is 11.4. The third kappa shape index (κ3) is 20.3. The Balaban J connectivity index is 3.12. The molecule has 0 radical (unpaired) electrons. The summed E-state index contributed by atoms with van der Waals surface area (Å²) in [6, 6.07) is -0.462. The highest BCUT2D eigenvalue weighted by Gasteiger charge is 2.13. The Morgan fingerprint density at radius 1 is 0.741 bits per heavy atom. The highest BCUT2D eigenvalue weighted by Crippen LogP contribution is 2.14. The molecule has 3 nitrogen and oxygen atoms in total. The average Bonchev–Trinajstić information content (AvgIpc) is 2.67. The van der Waals surface area contributed by atoms with Gasteiger partial charge in [0.1, 0.15) is 6.04 Å². The summed E-state index contributed by atoms with van der Waals surface area (Å²) in [5.41, 5.74) is 5.78. The third-order valence-corrected chi connectivity index (χ3v) is 6.20. The van der Waals surface area contributed by atoms with Crippen molar-refractivity contribution >= 4 is 17.7 Å².